The third-order valence-electron chi connectivity index (χ3n) is 2.34. The molecule has 0 radical (unpaired) electrons. The van der Waals surface area contributed by atoms with Crippen molar-refractivity contribution in [3.05, 3.63) is 45.0 Å². The Balaban J connectivity index is 2.57. The molecule has 80 valence electrons. The topological polar surface area (TPSA) is 50.2 Å². The first-order valence-electron chi connectivity index (χ1n) is 4.51. The van der Waals surface area contributed by atoms with Gasteiger partial charge in [0.2, 0.25) is 11.6 Å². The lowest BCUT2D eigenvalue weighted by atomic mass is 10.3. The molecule has 0 aliphatic heterocycles. The summed E-state index contributed by atoms with van der Waals surface area (Å²) in [6.45, 7) is 0. The molecule has 0 bridgehead atoms. The lowest BCUT2D eigenvalue weighted by Gasteiger charge is -1.95. The highest BCUT2D eigenvalue weighted by Gasteiger charge is 2.08. The molecule has 3 aromatic rings. The fraction of sp³-hybridized carbons (Fsp3) is 0. The van der Waals surface area contributed by atoms with Gasteiger partial charge < -0.3 is 0 Å². The number of nitrogens with zero attached hydrogens (tertiary/aromatic N) is 2. The largest absolute Gasteiger partial charge is 0.289 e. The number of hydrogen-bond acceptors (Lipinski definition) is 2. The number of aromatic amines is 1. The molecule has 4 nitrogen and oxygen atoms in total. The van der Waals surface area contributed by atoms with E-state index < -0.39 is 11.4 Å². The van der Waals surface area contributed by atoms with Crippen LogP contribution in [0.4, 0.5) is 4.39 Å². The summed E-state index contributed by atoms with van der Waals surface area (Å²) >= 11 is 3.33. The van der Waals surface area contributed by atoms with Crippen molar-refractivity contribution in [1.29, 1.82) is 0 Å². The molecule has 2 aromatic heterocycles. The molecule has 0 unspecified atom stereocenters. The van der Waals surface area contributed by atoms with E-state index >= 15 is 0 Å². The molecule has 0 saturated heterocycles. The molecule has 0 amide bonds. The Kier molecular flexibility index (Phi) is 1.88. The van der Waals surface area contributed by atoms with Gasteiger partial charge in [0.15, 0.2) is 0 Å². The van der Waals surface area contributed by atoms with Gasteiger partial charge in [-0.25, -0.2) is 4.98 Å². The smallest absolute Gasteiger partial charge is 0.288 e. The molecular weight excluding hydrogens is 277 g/mol. The van der Waals surface area contributed by atoms with Gasteiger partial charge in [0.05, 0.1) is 17.2 Å². The highest BCUT2D eigenvalue weighted by Crippen LogP contribution is 2.19. The summed E-state index contributed by atoms with van der Waals surface area (Å²) in [6.07, 6.45) is 1.13. The molecule has 3 rings (SSSR count). The van der Waals surface area contributed by atoms with Crippen molar-refractivity contribution in [3.8, 4) is 0 Å². The minimum atomic E-state index is -0.827. The average Bonchev–Trinajstić information content (AvgIpc) is 2.57. The van der Waals surface area contributed by atoms with Crippen LogP contribution in [0.25, 0.3) is 16.8 Å². The number of hydrogen-bond donors (Lipinski definition) is 1. The van der Waals surface area contributed by atoms with Gasteiger partial charge in [-0.3, -0.25) is 14.2 Å². The Morgan fingerprint density at radius 1 is 1.44 bits per heavy atom. The summed E-state index contributed by atoms with van der Waals surface area (Å²) in [5, 5.41) is 0. The Bertz CT molecular complexity index is 762. The molecule has 0 fully saturated rings. The van der Waals surface area contributed by atoms with E-state index in [1.807, 2.05) is 12.1 Å². The van der Waals surface area contributed by atoms with Gasteiger partial charge in [-0.1, -0.05) is 15.9 Å². The van der Waals surface area contributed by atoms with Gasteiger partial charge in [0, 0.05) is 4.47 Å². The Hall–Kier alpha value is -1.69. The minimum Gasteiger partial charge on any atom is -0.289 e. The van der Waals surface area contributed by atoms with E-state index in [2.05, 4.69) is 25.9 Å². The van der Waals surface area contributed by atoms with Crippen LogP contribution in [0.5, 0.6) is 0 Å². The van der Waals surface area contributed by atoms with E-state index in [-0.39, 0.29) is 0 Å². The number of halogens is 2. The van der Waals surface area contributed by atoms with Crippen LogP contribution < -0.4 is 5.56 Å². The second-order valence-electron chi connectivity index (χ2n) is 3.37. The van der Waals surface area contributed by atoms with Gasteiger partial charge in [0.25, 0.3) is 5.56 Å². The second kappa shape index (κ2) is 3.15. The van der Waals surface area contributed by atoms with Gasteiger partial charge in [-0.05, 0) is 18.2 Å². The predicted octanol–water partition coefficient (Wildman–Crippen LogP) is 2.08. The van der Waals surface area contributed by atoms with Crippen LogP contribution in [0.15, 0.2) is 33.7 Å². The number of fused-ring (bicyclic) bond motifs is 3. The molecule has 1 N–H and O–H groups in total. The Morgan fingerprint density at radius 2 is 2.25 bits per heavy atom. The first-order chi connectivity index (χ1) is 7.65. The summed E-state index contributed by atoms with van der Waals surface area (Å²) in [7, 11) is 0. The molecule has 0 aliphatic rings. The SMILES string of the molecule is O=c1[nH]c2nc3ccc(Br)cc3n2cc1F. The van der Waals surface area contributed by atoms with Gasteiger partial charge in [-0.2, -0.15) is 4.39 Å². The quantitative estimate of drug-likeness (QED) is 0.686. The summed E-state index contributed by atoms with van der Waals surface area (Å²) in [5.41, 5.74) is 0.672. The fourth-order valence-electron chi connectivity index (χ4n) is 1.62. The van der Waals surface area contributed by atoms with Gasteiger partial charge in [-0.15, -0.1) is 0 Å². The molecule has 0 aliphatic carbocycles. The van der Waals surface area contributed by atoms with E-state index in [4.69, 9.17) is 0 Å². The maximum atomic E-state index is 13.2. The third-order valence-corrected chi connectivity index (χ3v) is 2.83. The predicted molar refractivity (Wildman–Crippen MR) is 61.0 cm³/mol. The first kappa shape index (κ1) is 9.53. The monoisotopic (exact) mass is 281 g/mol. The van der Waals surface area contributed by atoms with Crippen LogP contribution in [-0.2, 0) is 0 Å². The number of H-pyrrole nitrogens is 1. The first-order valence-corrected chi connectivity index (χ1v) is 5.30. The molecule has 0 spiro atoms. The van der Waals surface area contributed by atoms with Crippen molar-refractivity contribution in [1.82, 2.24) is 14.4 Å². The zero-order valence-corrected chi connectivity index (χ0v) is 9.45. The van der Waals surface area contributed by atoms with Crippen molar-refractivity contribution in [2.75, 3.05) is 0 Å². The van der Waals surface area contributed by atoms with E-state index in [1.165, 1.54) is 4.40 Å². The Morgan fingerprint density at radius 3 is 3.06 bits per heavy atom. The van der Waals surface area contributed by atoms with Crippen molar-refractivity contribution in [3.63, 3.8) is 0 Å². The highest BCUT2D eigenvalue weighted by atomic mass is 79.9. The summed E-state index contributed by atoms with van der Waals surface area (Å²) in [6, 6.07) is 5.44. The van der Waals surface area contributed by atoms with E-state index in [9.17, 15) is 9.18 Å². The third kappa shape index (κ3) is 1.26. The maximum absolute atomic E-state index is 13.2. The molecule has 16 heavy (non-hydrogen) atoms. The van der Waals surface area contributed by atoms with Crippen LogP contribution in [0.1, 0.15) is 0 Å². The lowest BCUT2D eigenvalue weighted by Crippen LogP contribution is -2.12. The molecule has 0 saturated carbocycles. The van der Waals surface area contributed by atoms with Crippen molar-refractivity contribution >= 4 is 32.7 Å². The zero-order chi connectivity index (χ0) is 11.3. The Labute approximate surface area is 96.9 Å². The molecular formula is C10H5BrFN3O. The maximum Gasteiger partial charge on any atom is 0.288 e. The normalized spacial score (nSPS) is 11.4. The summed E-state index contributed by atoms with van der Waals surface area (Å²) in [5.74, 6) is -0.494. The average molecular weight is 282 g/mol. The number of imidazole rings is 1. The number of aromatic nitrogens is 3. The van der Waals surface area contributed by atoms with Crippen molar-refractivity contribution < 1.29 is 4.39 Å². The summed E-state index contributed by atoms with van der Waals surface area (Å²) < 4.78 is 15.5. The van der Waals surface area contributed by atoms with Gasteiger partial charge in [0.1, 0.15) is 0 Å². The number of benzene rings is 1. The minimum absolute atomic E-state index is 0.333. The van der Waals surface area contributed by atoms with E-state index in [0.717, 1.165) is 16.2 Å². The van der Waals surface area contributed by atoms with Crippen LogP contribution in [-0.4, -0.2) is 14.4 Å². The molecule has 6 heteroatoms. The highest BCUT2D eigenvalue weighted by molar-refractivity contribution is 9.10. The van der Waals surface area contributed by atoms with Crippen LogP contribution >= 0.6 is 15.9 Å². The number of nitrogens with one attached hydrogen (secondary N) is 1. The van der Waals surface area contributed by atoms with Gasteiger partial charge >= 0.3 is 0 Å². The van der Waals surface area contributed by atoms with E-state index in [1.54, 1.807) is 6.07 Å². The molecule has 2 heterocycles. The van der Waals surface area contributed by atoms with Crippen molar-refractivity contribution in [2.45, 2.75) is 0 Å². The second-order valence-corrected chi connectivity index (χ2v) is 4.29. The standard InChI is InChI=1S/C10H5BrFN3O/c11-5-1-2-7-8(3-5)15-4-6(12)9(16)14-10(15)13-7/h1-4H,(H,13,14,16). The fourth-order valence-corrected chi connectivity index (χ4v) is 1.97. The molecule has 1 aromatic carbocycles. The summed E-state index contributed by atoms with van der Waals surface area (Å²) in [4.78, 5) is 17.6. The molecule has 0 atom stereocenters. The van der Waals surface area contributed by atoms with Crippen molar-refractivity contribution in [2.24, 2.45) is 0 Å². The van der Waals surface area contributed by atoms with Crippen LogP contribution in [0.3, 0.4) is 0 Å². The number of rotatable bonds is 0. The van der Waals surface area contributed by atoms with Crippen LogP contribution in [0.2, 0.25) is 0 Å². The lowest BCUT2D eigenvalue weighted by molar-refractivity contribution is 0.600. The van der Waals surface area contributed by atoms with Crippen LogP contribution in [0, 0.1) is 5.82 Å². The zero-order valence-electron chi connectivity index (χ0n) is 7.87. The van der Waals surface area contributed by atoms with E-state index in [0.29, 0.717) is 11.3 Å².